The monoisotopic (exact) mass is 339 g/mol. The number of benzene rings is 2. The van der Waals surface area contributed by atoms with Crippen molar-refractivity contribution in [2.45, 2.75) is 19.4 Å². The van der Waals surface area contributed by atoms with E-state index in [0.717, 1.165) is 22.4 Å². The molecule has 0 aliphatic heterocycles. The maximum atomic E-state index is 11.3. The molecule has 25 heavy (non-hydrogen) atoms. The molecule has 0 bridgehead atoms. The molecule has 0 unspecified atom stereocenters. The van der Waals surface area contributed by atoms with Gasteiger partial charge in [-0.1, -0.05) is 42.5 Å². The molecule has 5 heteroatoms. The van der Waals surface area contributed by atoms with E-state index >= 15 is 0 Å². The van der Waals surface area contributed by atoms with Crippen LogP contribution in [0.15, 0.2) is 54.6 Å². The number of aryl methyl sites for hydroxylation is 1. The quantitative estimate of drug-likeness (QED) is 0.569. The number of rotatable bonds is 8. The minimum atomic E-state index is -0.796. The van der Waals surface area contributed by atoms with Gasteiger partial charge in [0.15, 0.2) is 0 Å². The standard InChI is InChI=1S/C20H21NO4/c1-25-20(24)12-10-17-7-2-3-8-18(17)21-14-16-6-4-5-15(13-16)9-11-19(22)23/h2-8,10,12-13,21H,9,11,14H2,1H3,(H,22,23)/b12-10+. The Balaban J connectivity index is 2.04. The Hall–Kier alpha value is -3.08. The van der Waals surface area contributed by atoms with Crippen LogP contribution in [0, 0.1) is 0 Å². The molecule has 2 N–H and O–H groups in total. The largest absolute Gasteiger partial charge is 0.481 e. The number of methoxy groups -OCH3 is 1. The Bertz CT molecular complexity index is 768. The van der Waals surface area contributed by atoms with Crippen LogP contribution in [0.25, 0.3) is 6.08 Å². The number of carbonyl (C=O) groups excluding carboxylic acids is 1. The van der Waals surface area contributed by atoms with Crippen LogP contribution in [0.4, 0.5) is 5.69 Å². The molecule has 0 radical (unpaired) electrons. The van der Waals surface area contributed by atoms with Crippen molar-refractivity contribution in [3.8, 4) is 0 Å². The third-order valence-electron chi connectivity index (χ3n) is 3.66. The molecule has 2 aromatic rings. The van der Waals surface area contributed by atoms with Gasteiger partial charge in [-0.05, 0) is 35.3 Å². The molecule has 0 fully saturated rings. The number of carboxylic acid groups (broad SMARTS) is 1. The van der Waals surface area contributed by atoms with E-state index in [-0.39, 0.29) is 6.42 Å². The molecule has 0 aliphatic rings. The van der Waals surface area contributed by atoms with Crippen molar-refractivity contribution in [1.29, 1.82) is 0 Å². The number of ether oxygens (including phenoxy) is 1. The molecule has 0 amide bonds. The zero-order valence-corrected chi connectivity index (χ0v) is 14.1. The lowest BCUT2D eigenvalue weighted by Crippen LogP contribution is -2.02. The molecule has 2 aromatic carbocycles. The predicted octanol–water partition coefficient (Wildman–Crippen LogP) is 3.50. The lowest BCUT2D eigenvalue weighted by atomic mass is 10.1. The maximum Gasteiger partial charge on any atom is 0.330 e. The molecule has 0 saturated heterocycles. The Kier molecular flexibility index (Phi) is 6.77. The van der Waals surface area contributed by atoms with Gasteiger partial charge in [-0.25, -0.2) is 4.79 Å². The smallest absolute Gasteiger partial charge is 0.330 e. The van der Waals surface area contributed by atoms with Crippen molar-refractivity contribution in [1.82, 2.24) is 0 Å². The van der Waals surface area contributed by atoms with E-state index < -0.39 is 11.9 Å². The second kappa shape index (κ2) is 9.27. The lowest BCUT2D eigenvalue weighted by Gasteiger charge is -2.11. The molecule has 0 aliphatic carbocycles. The summed E-state index contributed by atoms with van der Waals surface area (Å²) in [4.78, 5) is 21.9. The van der Waals surface area contributed by atoms with Gasteiger partial charge in [-0.3, -0.25) is 4.79 Å². The van der Waals surface area contributed by atoms with Crippen LogP contribution >= 0.6 is 0 Å². The Morgan fingerprint density at radius 1 is 1.12 bits per heavy atom. The van der Waals surface area contributed by atoms with Crippen LogP contribution in [-0.2, 0) is 27.3 Å². The predicted molar refractivity (Wildman–Crippen MR) is 97.2 cm³/mol. The number of hydrogen-bond donors (Lipinski definition) is 2. The molecule has 0 heterocycles. The fourth-order valence-corrected chi connectivity index (χ4v) is 2.37. The first-order valence-corrected chi connectivity index (χ1v) is 7.97. The van der Waals surface area contributed by atoms with Crippen LogP contribution in [0.5, 0.6) is 0 Å². The number of anilines is 1. The van der Waals surface area contributed by atoms with E-state index in [9.17, 15) is 9.59 Å². The number of esters is 1. The van der Waals surface area contributed by atoms with Crippen LogP contribution in [0.3, 0.4) is 0 Å². The van der Waals surface area contributed by atoms with E-state index in [0.29, 0.717) is 13.0 Å². The first-order chi connectivity index (χ1) is 12.1. The number of hydrogen-bond acceptors (Lipinski definition) is 4. The van der Waals surface area contributed by atoms with Crippen molar-refractivity contribution in [3.05, 3.63) is 71.3 Å². The highest BCUT2D eigenvalue weighted by molar-refractivity contribution is 5.88. The summed E-state index contributed by atoms with van der Waals surface area (Å²) in [5.74, 6) is -1.20. The van der Waals surface area contributed by atoms with Gasteiger partial charge in [0.05, 0.1) is 7.11 Å². The molecule has 0 aromatic heterocycles. The summed E-state index contributed by atoms with van der Waals surface area (Å²) in [6, 6.07) is 15.5. The Morgan fingerprint density at radius 2 is 1.88 bits per heavy atom. The van der Waals surface area contributed by atoms with E-state index in [4.69, 9.17) is 5.11 Å². The fraction of sp³-hybridized carbons (Fsp3) is 0.200. The highest BCUT2D eigenvalue weighted by atomic mass is 16.5. The normalized spacial score (nSPS) is 10.6. The molecule has 0 saturated carbocycles. The zero-order chi connectivity index (χ0) is 18.1. The van der Waals surface area contributed by atoms with Gasteiger partial charge in [0.2, 0.25) is 0 Å². The van der Waals surface area contributed by atoms with Gasteiger partial charge >= 0.3 is 11.9 Å². The van der Waals surface area contributed by atoms with E-state index in [1.165, 1.54) is 13.2 Å². The van der Waals surface area contributed by atoms with Crippen LogP contribution in [0.1, 0.15) is 23.1 Å². The Morgan fingerprint density at radius 3 is 2.64 bits per heavy atom. The van der Waals surface area contributed by atoms with Crippen molar-refractivity contribution in [2.75, 3.05) is 12.4 Å². The molecule has 2 rings (SSSR count). The molecule has 5 nitrogen and oxygen atoms in total. The SMILES string of the molecule is COC(=O)/C=C/c1ccccc1NCc1cccc(CCC(=O)O)c1. The zero-order valence-electron chi connectivity index (χ0n) is 14.1. The van der Waals surface area contributed by atoms with Gasteiger partial charge in [-0.2, -0.15) is 0 Å². The van der Waals surface area contributed by atoms with Gasteiger partial charge < -0.3 is 15.2 Å². The number of carboxylic acids is 1. The molecule has 0 atom stereocenters. The minimum absolute atomic E-state index is 0.123. The highest BCUT2D eigenvalue weighted by Gasteiger charge is 2.03. The first kappa shape index (κ1) is 18.3. The Labute approximate surface area is 146 Å². The molecule has 130 valence electrons. The highest BCUT2D eigenvalue weighted by Crippen LogP contribution is 2.18. The second-order valence-electron chi connectivity index (χ2n) is 5.51. The summed E-state index contributed by atoms with van der Waals surface area (Å²) in [6.45, 7) is 0.601. The average molecular weight is 339 g/mol. The second-order valence-corrected chi connectivity index (χ2v) is 5.51. The third-order valence-corrected chi connectivity index (χ3v) is 3.66. The third kappa shape index (κ3) is 6.14. The maximum absolute atomic E-state index is 11.3. The summed E-state index contributed by atoms with van der Waals surface area (Å²) < 4.78 is 4.61. The summed E-state index contributed by atoms with van der Waals surface area (Å²) >= 11 is 0. The molecular weight excluding hydrogens is 318 g/mol. The minimum Gasteiger partial charge on any atom is -0.481 e. The van der Waals surface area contributed by atoms with Crippen molar-refractivity contribution in [2.24, 2.45) is 0 Å². The topological polar surface area (TPSA) is 75.6 Å². The summed E-state index contributed by atoms with van der Waals surface area (Å²) in [5, 5.41) is 12.1. The summed E-state index contributed by atoms with van der Waals surface area (Å²) in [7, 11) is 1.34. The number of para-hydroxylation sites is 1. The molecule has 0 spiro atoms. The summed E-state index contributed by atoms with van der Waals surface area (Å²) in [6.07, 6.45) is 3.73. The van der Waals surface area contributed by atoms with Gasteiger partial charge in [0, 0.05) is 24.7 Å². The van der Waals surface area contributed by atoms with Gasteiger partial charge in [0.1, 0.15) is 0 Å². The van der Waals surface area contributed by atoms with Gasteiger partial charge in [0.25, 0.3) is 0 Å². The first-order valence-electron chi connectivity index (χ1n) is 7.97. The van der Waals surface area contributed by atoms with Crippen LogP contribution < -0.4 is 5.32 Å². The fourth-order valence-electron chi connectivity index (χ4n) is 2.37. The van der Waals surface area contributed by atoms with Crippen LogP contribution in [0.2, 0.25) is 0 Å². The van der Waals surface area contributed by atoms with E-state index in [1.54, 1.807) is 6.08 Å². The number of nitrogens with one attached hydrogen (secondary N) is 1. The molecular formula is C20H21NO4. The van der Waals surface area contributed by atoms with Crippen molar-refractivity contribution in [3.63, 3.8) is 0 Å². The van der Waals surface area contributed by atoms with Crippen molar-refractivity contribution < 1.29 is 19.4 Å². The number of aliphatic carboxylic acids is 1. The van der Waals surface area contributed by atoms with Crippen molar-refractivity contribution >= 4 is 23.7 Å². The summed E-state index contributed by atoms with van der Waals surface area (Å²) in [5.41, 5.74) is 3.85. The van der Waals surface area contributed by atoms with E-state index in [1.807, 2.05) is 48.5 Å². The lowest BCUT2D eigenvalue weighted by molar-refractivity contribution is -0.137. The average Bonchev–Trinajstić information content (AvgIpc) is 2.63. The van der Waals surface area contributed by atoms with E-state index in [2.05, 4.69) is 10.1 Å². The van der Waals surface area contributed by atoms with Gasteiger partial charge in [-0.15, -0.1) is 0 Å². The van der Waals surface area contributed by atoms with Crippen LogP contribution in [-0.4, -0.2) is 24.2 Å². The number of carbonyl (C=O) groups is 2.